The summed E-state index contributed by atoms with van der Waals surface area (Å²) in [6.07, 6.45) is 1.51. The van der Waals surface area contributed by atoms with Gasteiger partial charge in [-0.2, -0.15) is 0 Å². The molecule has 10 heavy (non-hydrogen) atoms. The van der Waals surface area contributed by atoms with Gasteiger partial charge in [-0.25, -0.2) is 4.99 Å². The van der Waals surface area contributed by atoms with E-state index in [9.17, 15) is 5.11 Å². The van der Waals surface area contributed by atoms with Crippen molar-refractivity contribution in [1.82, 2.24) is 0 Å². The minimum Gasteiger partial charge on any atom is -0.871 e. The van der Waals surface area contributed by atoms with Crippen LogP contribution in [-0.4, -0.2) is 12.0 Å². The van der Waals surface area contributed by atoms with Crippen molar-refractivity contribution in [3.05, 3.63) is 11.5 Å². The van der Waals surface area contributed by atoms with Gasteiger partial charge in [0.1, 0.15) is 0 Å². The number of epoxide rings is 1. The van der Waals surface area contributed by atoms with Crippen molar-refractivity contribution < 1.29 is 9.84 Å². The SMILES string of the molecule is CCCC1=C([O-])C2OC2=N1. The van der Waals surface area contributed by atoms with Crippen molar-refractivity contribution in [1.29, 1.82) is 0 Å². The molecule has 1 unspecified atom stereocenters. The van der Waals surface area contributed by atoms with E-state index < -0.39 is 0 Å². The summed E-state index contributed by atoms with van der Waals surface area (Å²) in [5.74, 6) is 0.713. The third-order valence-electron chi connectivity index (χ3n) is 1.66. The molecule has 2 aliphatic rings. The molecule has 0 aromatic rings. The molecule has 0 saturated carbocycles. The Bertz CT molecular complexity index is 230. The third-order valence-corrected chi connectivity index (χ3v) is 1.66. The zero-order valence-corrected chi connectivity index (χ0v) is 5.76. The molecule has 1 atom stereocenters. The van der Waals surface area contributed by atoms with Crippen molar-refractivity contribution in [3.8, 4) is 0 Å². The molecule has 2 aliphatic heterocycles. The number of nitrogens with zero attached hydrogens (tertiary/aromatic N) is 1. The van der Waals surface area contributed by atoms with Gasteiger partial charge in [-0.1, -0.05) is 19.1 Å². The minimum absolute atomic E-state index is 0.0804. The van der Waals surface area contributed by atoms with E-state index in [1.807, 2.05) is 6.92 Å². The molecule has 0 N–H and O–H groups in total. The first-order valence-corrected chi connectivity index (χ1v) is 3.48. The quantitative estimate of drug-likeness (QED) is 0.510. The summed E-state index contributed by atoms with van der Waals surface area (Å²) in [5, 5.41) is 11.1. The molecule has 0 aromatic heterocycles. The van der Waals surface area contributed by atoms with Crippen LogP contribution in [0.3, 0.4) is 0 Å². The summed E-state index contributed by atoms with van der Waals surface area (Å²) in [6, 6.07) is 0. The Hall–Kier alpha value is -0.990. The molecule has 0 aromatic carbocycles. The number of allylic oxidation sites excluding steroid dienone is 1. The van der Waals surface area contributed by atoms with E-state index in [-0.39, 0.29) is 11.9 Å². The Morgan fingerprint density at radius 1 is 1.70 bits per heavy atom. The average molecular weight is 138 g/mol. The van der Waals surface area contributed by atoms with Gasteiger partial charge in [0.05, 0.1) is 0 Å². The first-order valence-electron chi connectivity index (χ1n) is 3.48. The lowest BCUT2D eigenvalue weighted by Gasteiger charge is -2.08. The zero-order valence-electron chi connectivity index (χ0n) is 5.76. The number of rotatable bonds is 2. The second-order valence-electron chi connectivity index (χ2n) is 2.51. The molecule has 2 heterocycles. The highest BCUT2D eigenvalue weighted by molar-refractivity contribution is 5.98. The maximum Gasteiger partial charge on any atom is 0.235 e. The number of fused-ring (bicyclic) bond motifs is 1. The maximum absolute atomic E-state index is 11.1. The predicted molar refractivity (Wildman–Crippen MR) is 34.2 cm³/mol. The topological polar surface area (TPSA) is 47.9 Å². The lowest BCUT2D eigenvalue weighted by Crippen LogP contribution is -2.10. The molecule has 0 aliphatic carbocycles. The van der Waals surface area contributed by atoms with Gasteiger partial charge in [0.15, 0.2) is 6.10 Å². The normalized spacial score (nSPS) is 27.7. The van der Waals surface area contributed by atoms with E-state index in [1.165, 1.54) is 0 Å². The molecule has 0 radical (unpaired) electrons. The Kier molecular flexibility index (Phi) is 1.01. The van der Waals surface area contributed by atoms with Crippen LogP contribution in [0, 0.1) is 0 Å². The molecule has 0 amide bonds. The Morgan fingerprint density at radius 2 is 2.50 bits per heavy atom. The second-order valence-corrected chi connectivity index (χ2v) is 2.51. The molecule has 3 nitrogen and oxygen atoms in total. The van der Waals surface area contributed by atoms with Crippen LogP contribution in [0.2, 0.25) is 0 Å². The molecular formula is C7H8NO2-. The highest BCUT2D eigenvalue weighted by Gasteiger charge is 2.40. The second kappa shape index (κ2) is 1.75. The van der Waals surface area contributed by atoms with Crippen molar-refractivity contribution in [2.75, 3.05) is 0 Å². The van der Waals surface area contributed by atoms with Gasteiger partial charge < -0.3 is 9.84 Å². The largest absolute Gasteiger partial charge is 0.871 e. The number of aliphatic imine (C=N–C) groups is 1. The number of ether oxygens (including phenoxy) is 1. The molecular weight excluding hydrogens is 130 g/mol. The molecule has 1 saturated heterocycles. The monoisotopic (exact) mass is 138 g/mol. The molecule has 1 fully saturated rings. The molecule has 2 rings (SSSR count). The Labute approximate surface area is 59.0 Å². The van der Waals surface area contributed by atoms with E-state index in [0.717, 1.165) is 12.8 Å². The van der Waals surface area contributed by atoms with Crippen LogP contribution < -0.4 is 5.11 Å². The first kappa shape index (κ1) is 5.77. The highest BCUT2D eigenvalue weighted by atomic mass is 16.6. The standard InChI is InChI=1S/C7H9NO2/c1-2-3-4-5(9)6-7(8-4)10-6/h6,9H,2-3H2,1H3/p-1. The third kappa shape index (κ3) is 0.632. The Morgan fingerprint density at radius 3 is 3.00 bits per heavy atom. The fourth-order valence-electron chi connectivity index (χ4n) is 1.09. The smallest absolute Gasteiger partial charge is 0.235 e. The van der Waals surface area contributed by atoms with Crippen LogP contribution in [0.4, 0.5) is 0 Å². The molecule has 0 bridgehead atoms. The first-order chi connectivity index (χ1) is 4.83. The van der Waals surface area contributed by atoms with Crippen molar-refractivity contribution >= 4 is 5.90 Å². The zero-order chi connectivity index (χ0) is 7.14. The Balaban J connectivity index is 2.14. The summed E-state index contributed by atoms with van der Waals surface area (Å²) in [5.41, 5.74) is 0.703. The van der Waals surface area contributed by atoms with E-state index in [1.54, 1.807) is 0 Å². The van der Waals surface area contributed by atoms with Gasteiger partial charge in [0.2, 0.25) is 5.90 Å². The summed E-state index contributed by atoms with van der Waals surface area (Å²) in [4.78, 5) is 3.99. The number of hydrogen-bond acceptors (Lipinski definition) is 3. The van der Waals surface area contributed by atoms with E-state index in [4.69, 9.17) is 4.74 Å². The van der Waals surface area contributed by atoms with Gasteiger partial charge in [0, 0.05) is 5.70 Å². The van der Waals surface area contributed by atoms with Crippen molar-refractivity contribution in [2.24, 2.45) is 4.99 Å². The van der Waals surface area contributed by atoms with Crippen molar-refractivity contribution in [3.63, 3.8) is 0 Å². The van der Waals surface area contributed by atoms with Gasteiger partial charge in [-0.15, -0.1) is 0 Å². The van der Waals surface area contributed by atoms with Gasteiger partial charge in [0.25, 0.3) is 0 Å². The average Bonchev–Trinajstić information content (AvgIpc) is 2.60. The number of hydrogen-bond donors (Lipinski definition) is 0. The van der Waals surface area contributed by atoms with Gasteiger partial charge >= 0.3 is 0 Å². The van der Waals surface area contributed by atoms with Crippen LogP contribution in [0.5, 0.6) is 0 Å². The summed E-state index contributed by atoms with van der Waals surface area (Å²) < 4.78 is 4.82. The maximum atomic E-state index is 11.1. The lowest BCUT2D eigenvalue weighted by molar-refractivity contribution is -0.310. The van der Waals surface area contributed by atoms with Crippen LogP contribution in [-0.2, 0) is 4.74 Å². The molecule has 0 spiro atoms. The van der Waals surface area contributed by atoms with Crippen LogP contribution in [0.25, 0.3) is 0 Å². The summed E-state index contributed by atoms with van der Waals surface area (Å²) >= 11 is 0. The van der Waals surface area contributed by atoms with E-state index >= 15 is 0 Å². The van der Waals surface area contributed by atoms with Crippen LogP contribution >= 0.6 is 0 Å². The highest BCUT2D eigenvalue weighted by Crippen LogP contribution is 2.32. The summed E-state index contributed by atoms with van der Waals surface area (Å²) in [6.45, 7) is 2.03. The van der Waals surface area contributed by atoms with Gasteiger partial charge in [-0.3, -0.25) is 0 Å². The fraction of sp³-hybridized carbons (Fsp3) is 0.571. The molecule has 54 valence electrons. The summed E-state index contributed by atoms with van der Waals surface area (Å²) in [7, 11) is 0. The van der Waals surface area contributed by atoms with E-state index in [0.29, 0.717) is 11.6 Å². The lowest BCUT2D eigenvalue weighted by atomic mass is 10.2. The van der Waals surface area contributed by atoms with Gasteiger partial charge in [-0.05, 0) is 6.42 Å². The van der Waals surface area contributed by atoms with Crippen molar-refractivity contribution in [2.45, 2.75) is 25.9 Å². The van der Waals surface area contributed by atoms with E-state index in [2.05, 4.69) is 4.99 Å². The fourth-order valence-corrected chi connectivity index (χ4v) is 1.09. The van der Waals surface area contributed by atoms with Crippen LogP contribution in [0.1, 0.15) is 19.8 Å². The minimum atomic E-state index is -0.262. The predicted octanol–water partition coefficient (Wildman–Crippen LogP) is 0.169. The van der Waals surface area contributed by atoms with Crippen LogP contribution in [0.15, 0.2) is 16.4 Å². The molecule has 3 heteroatoms.